The molecule has 0 saturated heterocycles. The van der Waals surface area contributed by atoms with Crippen LogP contribution in [0.1, 0.15) is 41.0 Å². The van der Waals surface area contributed by atoms with Crippen LogP contribution in [0.15, 0.2) is 0 Å². The topological polar surface area (TPSA) is 142 Å². The van der Waals surface area contributed by atoms with Crippen molar-refractivity contribution in [1.29, 1.82) is 0 Å². The third-order valence-corrected chi connectivity index (χ3v) is 4.08. The molecule has 0 spiro atoms. The molecular weight excluding hydrogens is 396 g/mol. The highest BCUT2D eigenvalue weighted by Crippen LogP contribution is 2.26. The Balaban J connectivity index is 5.56. The number of imide groups is 1. The van der Waals surface area contributed by atoms with E-state index in [1.54, 1.807) is 13.8 Å². The average Bonchev–Trinajstić information content (AvgIpc) is 2.59. The van der Waals surface area contributed by atoms with E-state index in [0.29, 0.717) is 13.2 Å². The van der Waals surface area contributed by atoms with Gasteiger partial charge in [0.25, 0.3) is 0 Å². The predicted molar refractivity (Wildman–Crippen MR) is 109 cm³/mol. The Bertz CT molecular complexity index is 572. The Morgan fingerprint density at radius 2 is 1.57 bits per heavy atom. The molecule has 0 fully saturated rings. The fourth-order valence-electron chi connectivity index (χ4n) is 2.83. The number of carbonyl (C=O) groups excluding carboxylic acids is 2. The molecule has 0 saturated carbocycles. The second-order valence-electron chi connectivity index (χ2n) is 8.71. The van der Waals surface area contributed by atoms with Crippen molar-refractivity contribution in [2.24, 2.45) is 23.2 Å². The Labute approximate surface area is 177 Å². The molecule has 0 heterocycles. The van der Waals surface area contributed by atoms with Crippen LogP contribution in [0.25, 0.3) is 0 Å². The molecule has 174 valence electrons. The summed E-state index contributed by atoms with van der Waals surface area (Å²) < 4.78 is 10.1. The second kappa shape index (κ2) is 13.2. The van der Waals surface area contributed by atoms with Crippen molar-refractivity contribution < 1.29 is 38.9 Å². The van der Waals surface area contributed by atoms with Crippen molar-refractivity contribution in [3.8, 4) is 0 Å². The molecule has 0 aliphatic rings. The lowest BCUT2D eigenvalue weighted by molar-refractivity contribution is -0.162. The van der Waals surface area contributed by atoms with E-state index in [9.17, 15) is 29.4 Å². The van der Waals surface area contributed by atoms with Crippen molar-refractivity contribution in [2.75, 3.05) is 40.0 Å². The molecule has 1 unspecified atom stereocenters. The summed E-state index contributed by atoms with van der Waals surface area (Å²) >= 11 is 0. The molecule has 10 nitrogen and oxygen atoms in total. The molecule has 3 N–H and O–H groups in total. The maximum Gasteiger partial charge on any atom is 0.324 e. The minimum absolute atomic E-state index is 0.00273. The Hall–Kier alpha value is -2.20. The molecule has 0 radical (unpaired) electrons. The van der Waals surface area contributed by atoms with Crippen molar-refractivity contribution in [2.45, 2.75) is 41.0 Å². The molecule has 3 amide bonds. The number of nitrogens with one attached hydrogen (secondary N) is 1. The van der Waals surface area contributed by atoms with Crippen molar-refractivity contribution in [1.82, 2.24) is 10.2 Å². The van der Waals surface area contributed by atoms with Crippen LogP contribution < -0.4 is 5.32 Å². The summed E-state index contributed by atoms with van der Waals surface area (Å²) in [6, 6.07) is -0.714. The number of hydrogen-bond acceptors (Lipinski definition) is 6. The van der Waals surface area contributed by atoms with Gasteiger partial charge in [-0.3, -0.25) is 19.3 Å². The van der Waals surface area contributed by atoms with Crippen LogP contribution in [0, 0.1) is 23.2 Å². The van der Waals surface area contributed by atoms with E-state index < -0.39 is 41.1 Å². The van der Waals surface area contributed by atoms with Crippen LogP contribution >= 0.6 is 0 Å². The summed E-state index contributed by atoms with van der Waals surface area (Å²) in [5.41, 5.74) is -0.480. The number of nitrogens with zero attached hydrogens (tertiary/aromatic N) is 1. The standard InChI is InChI=1S/C20H36N2O8/c1-13(2)11-14(15(17(24)25)18(26)27)16(23)22(12-20(3,4)5)19(28)21-7-8-30-10-9-29-6/h13-15H,7-12H2,1-6H3,(H,21,28)(H,24,25)(H,26,27). The lowest BCUT2D eigenvalue weighted by Gasteiger charge is -2.32. The normalized spacial score (nSPS) is 12.7. The highest BCUT2D eigenvalue weighted by atomic mass is 16.5. The number of carbonyl (C=O) groups is 4. The summed E-state index contributed by atoms with van der Waals surface area (Å²) in [5.74, 6) is -7.48. The number of methoxy groups -OCH3 is 1. The third-order valence-electron chi connectivity index (χ3n) is 4.08. The first-order valence-corrected chi connectivity index (χ1v) is 9.93. The Morgan fingerprint density at radius 1 is 1.00 bits per heavy atom. The minimum Gasteiger partial charge on any atom is -0.481 e. The molecule has 1 atom stereocenters. The minimum atomic E-state index is -1.94. The Morgan fingerprint density at radius 3 is 2.00 bits per heavy atom. The number of carboxylic acids is 2. The lowest BCUT2D eigenvalue weighted by atomic mass is 9.83. The number of aliphatic carboxylic acids is 2. The number of urea groups is 1. The molecule has 10 heteroatoms. The third kappa shape index (κ3) is 10.5. The van der Waals surface area contributed by atoms with E-state index in [1.165, 1.54) is 7.11 Å². The summed E-state index contributed by atoms with van der Waals surface area (Å²) in [6.07, 6.45) is 0.0240. The van der Waals surface area contributed by atoms with Gasteiger partial charge in [0.15, 0.2) is 5.92 Å². The fourth-order valence-corrected chi connectivity index (χ4v) is 2.83. The molecular formula is C20H36N2O8. The van der Waals surface area contributed by atoms with Crippen LogP contribution in [0.3, 0.4) is 0 Å². The van der Waals surface area contributed by atoms with Crippen LogP contribution in [0.2, 0.25) is 0 Å². The van der Waals surface area contributed by atoms with Gasteiger partial charge in [0.05, 0.1) is 25.7 Å². The summed E-state index contributed by atoms with van der Waals surface area (Å²) in [4.78, 5) is 50.0. The van der Waals surface area contributed by atoms with E-state index in [-0.39, 0.29) is 32.0 Å². The van der Waals surface area contributed by atoms with Gasteiger partial charge in [-0.15, -0.1) is 0 Å². The van der Waals surface area contributed by atoms with Gasteiger partial charge in [-0.1, -0.05) is 34.6 Å². The predicted octanol–water partition coefficient (Wildman–Crippen LogP) is 1.68. The van der Waals surface area contributed by atoms with Gasteiger partial charge in [0.2, 0.25) is 5.91 Å². The van der Waals surface area contributed by atoms with Crippen LogP contribution in [0.4, 0.5) is 4.79 Å². The first-order chi connectivity index (χ1) is 13.8. The maximum atomic E-state index is 13.2. The lowest BCUT2D eigenvalue weighted by Crippen LogP contribution is -2.52. The van der Waals surface area contributed by atoms with E-state index in [2.05, 4.69) is 5.32 Å². The molecule has 0 rings (SSSR count). The van der Waals surface area contributed by atoms with Gasteiger partial charge in [0.1, 0.15) is 0 Å². The molecule has 30 heavy (non-hydrogen) atoms. The first kappa shape index (κ1) is 27.8. The largest absolute Gasteiger partial charge is 0.481 e. The first-order valence-electron chi connectivity index (χ1n) is 9.93. The second-order valence-corrected chi connectivity index (χ2v) is 8.71. The van der Waals surface area contributed by atoms with E-state index in [0.717, 1.165) is 4.90 Å². The van der Waals surface area contributed by atoms with Crippen LogP contribution in [0.5, 0.6) is 0 Å². The number of carboxylic acid groups (broad SMARTS) is 2. The van der Waals surface area contributed by atoms with Gasteiger partial charge in [-0.2, -0.15) is 0 Å². The van der Waals surface area contributed by atoms with Gasteiger partial charge in [-0.05, 0) is 17.8 Å². The average molecular weight is 433 g/mol. The van der Waals surface area contributed by atoms with Crippen molar-refractivity contribution in [3.63, 3.8) is 0 Å². The van der Waals surface area contributed by atoms with Gasteiger partial charge in [-0.25, -0.2) is 4.79 Å². The Kier molecular flexibility index (Phi) is 12.2. The zero-order valence-corrected chi connectivity index (χ0v) is 18.8. The van der Waals surface area contributed by atoms with Gasteiger partial charge < -0.3 is 25.0 Å². The van der Waals surface area contributed by atoms with E-state index in [1.807, 2.05) is 20.8 Å². The number of ether oxygens (including phenoxy) is 2. The number of amides is 3. The zero-order valence-electron chi connectivity index (χ0n) is 18.8. The van der Waals surface area contributed by atoms with E-state index >= 15 is 0 Å². The molecule has 0 aliphatic heterocycles. The molecule has 0 aromatic carbocycles. The number of rotatable bonds is 13. The highest BCUT2D eigenvalue weighted by molar-refractivity contribution is 6.02. The molecule has 0 aliphatic carbocycles. The van der Waals surface area contributed by atoms with Gasteiger partial charge in [0, 0.05) is 20.2 Å². The van der Waals surface area contributed by atoms with Crippen molar-refractivity contribution in [3.05, 3.63) is 0 Å². The van der Waals surface area contributed by atoms with Crippen LogP contribution in [-0.2, 0) is 23.9 Å². The summed E-state index contributed by atoms with van der Waals surface area (Å²) in [6.45, 7) is 10.1. The van der Waals surface area contributed by atoms with E-state index in [4.69, 9.17) is 9.47 Å². The quantitative estimate of drug-likeness (QED) is 0.295. The number of hydrogen-bond donors (Lipinski definition) is 3. The fraction of sp³-hybridized carbons (Fsp3) is 0.800. The maximum absolute atomic E-state index is 13.2. The molecule has 0 aromatic heterocycles. The molecule has 0 bridgehead atoms. The smallest absolute Gasteiger partial charge is 0.324 e. The van der Waals surface area contributed by atoms with Crippen molar-refractivity contribution >= 4 is 23.9 Å². The summed E-state index contributed by atoms with van der Waals surface area (Å²) in [7, 11) is 1.54. The monoisotopic (exact) mass is 432 g/mol. The van der Waals surface area contributed by atoms with Gasteiger partial charge >= 0.3 is 18.0 Å². The zero-order chi connectivity index (χ0) is 23.5. The SMILES string of the molecule is COCCOCCNC(=O)N(CC(C)(C)C)C(=O)C(CC(C)C)C(C(=O)O)C(=O)O. The van der Waals surface area contributed by atoms with Crippen LogP contribution in [-0.4, -0.2) is 79.0 Å². The highest BCUT2D eigenvalue weighted by Gasteiger charge is 2.43. The molecule has 0 aromatic rings. The summed E-state index contributed by atoms with van der Waals surface area (Å²) in [5, 5.41) is 21.4.